The third-order valence-corrected chi connectivity index (χ3v) is 7.08. The molecule has 0 spiro atoms. The van der Waals surface area contributed by atoms with Crippen molar-refractivity contribution in [3.63, 3.8) is 0 Å². The third kappa shape index (κ3) is 4.21. The van der Waals surface area contributed by atoms with Crippen molar-refractivity contribution in [1.29, 1.82) is 0 Å². The number of carbonyl (C=O) groups excluding carboxylic acids is 2. The third-order valence-electron chi connectivity index (χ3n) is 7.08. The monoisotopic (exact) mass is 446 g/mol. The minimum atomic E-state index is -0.0224. The number of hydrogen-bond acceptors (Lipinski definition) is 5. The second kappa shape index (κ2) is 8.92. The molecule has 8 nitrogen and oxygen atoms in total. The standard InChI is InChI=1S/C25H30N6O2/c1-17-6-5-10-30-16-21(28-23(17)30)24(32)29-12-8-19(9-13-29)22-7-3-4-11-31(22)25(33)20-15-26-18(2)14-27-20/h5-6,10,14-16,19,22H,3-4,7-9,11-13H2,1-2H3/t22-/m1/s1. The first-order valence-corrected chi connectivity index (χ1v) is 11.8. The van der Waals surface area contributed by atoms with Crippen LogP contribution in [-0.4, -0.2) is 66.6 Å². The summed E-state index contributed by atoms with van der Waals surface area (Å²) in [6.07, 6.45) is 11.9. The average molecular weight is 447 g/mol. The number of nitrogens with zero attached hydrogens (tertiary/aromatic N) is 6. The molecule has 0 radical (unpaired) electrons. The maximum absolute atomic E-state index is 13.2. The Morgan fingerprint density at radius 2 is 1.76 bits per heavy atom. The van der Waals surface area contributed by atoms with Crippen LogP contribution >= 0.6 is 0 Å². The fourth-order valence-corrected chi connectivity index (χ4v) is 5.26. The van der Waals surface area contributed by atoms with E-state index in [9.17, 15) is 9.59 Å². The van der Waals surface area contributed by atoms with Crippen molar-refractivity contribution in [1.82, 2.24) is 29.2 Å². The van der Waals surface area contributed by atoms with E-state index in [1.807, 2.05) is 52.6 Å². The number of rotatable bonds is 3. The lowest BCUT2D eigenvalue weighted by Crippen LogP contribution is -2.51. The van der Waals surface area contributed by atoms with Crippen LogP contribution in [0.2, 0.25) is 0 Å². The van der Waals surface area contributed by atoms with Crippen LogP contribution in [0.15, 0.2) is 36.9 Å². The van der Waals surface area contributed by atoms with Gasteiger partial charge in [-0.05, 0) is 63.5 Å². The normalized spacial score (nSPS) is 19.8. The van der Waals surface area contributed by atoms with Crippen molar-refractivity contribution in [2.75, 3.05) is 19.6 Å². The van der Waals surface area contributed by atoms with Gasteiger partial charge in [0, 0.05) is 44.3 Å². The Morgan fingerprint density at radius 3 is 2.48 bits per heavy atom. The van der Waals surface area contributed by atoms with E-state index in [0.717, 1.165) is 55.6 Å². The van der Waals surface area contributed by atoms with Gasteiger partial charge >= 0.3 is 0 Å². The highest BCUT2D eigenvalue weighted by Crippen LogP contribution is 2.31. The van der Waals surface area contributed by atoms with Crippen LogP contribution in [0, 0.1) is 19.8 Å². The van der Waals surface area contributed by atoms with Gasteiger partial charge in [0.25, 0.3) is 11.8 Å². The number of hydrogen-bond donors (Lipinski definition) is 0. The SMILES string of the molecule is Cc1cnc(C(=O)N2CCCC[C@@H]2C2CCN(C(=O)c3cn4cccc(C)c4n3)CC2)cn1. The number of piperidine rings is 2. The number of pyridine rings is 1. The summed E-state index contributed by atoms with van der Waals surface area (Å²) in [5.74, 6) is 0.355. The molecule has 3 aromatic rings. The lowest BCUT2D eigenvalue weighted by Gasteiger charge is -2.43. The Balaban J connectivity index is 1.26. The van der Waals surface area contributed by atoms with Gasteiger partial charge in [-0.2, -0.15) is 0 Å². The maximum atomic E-state index is 13.2. The zero-order chi connectivity index (χ0) is 22.9. The maximum Gasteiger partial charge on any atom is 0.274 e. The van der Waals surface area contributed by atoms with Crippen molar-refractivity contribution in [3.05, 3.63) is 59.6 Å². The molecule has 2 fully saturated rings. The van der Waals surface area contributed by atoms with Crippen molar-refractivity contribution < 1.29 is 9.59 Å². The Labute approximate surface area is 193 Å². The van der Waals surface area contributed by atoms with E-state index in [4.69, 9.17) is 0 Å². The lowest BCUT2D eigenvalue weighted by atomic mass is 9.83. The molecule has 3 aromatic heterocycles. The predicted octanol–water partition coefficient (Wildman–Crippen LogP) is 3.29. The molecule has 0 aliphatic carbocycles. The van der Waals surface area contributed by atoms with E-state index in [1.165, 1.54) is 0 Å². The van der Waals surface area contributed by atoms with Crippen molar-refractivity contribution >= 4 is 17.5 Å². The van der Waals surface area contributed by atoms with Crippen molar-refractivity contribution in [2.45, 2.75) is 52.0 Å². The lowest BCUT2D eigenvalue weighted by molar-refractivity contribution is 0.0369. The minimum Gasteiger partial charge on any atom is -0.337 e. The van der Waals surface area contributed by atoms with Crippen LogP contribution in [0.4, 0.5) is 0 Å². The largest absolute Gasteiger partial charge is 0.337 e. The van der Waals surface area contributed by atoms with E-state index in [1.54, 1.807) is 12.4 Å². The first-order chi connectivity index (χ1) is 16.0. The number of imidazole rings is 1. The molecule has 0 unspecified atom stereocenters. The first-order valence-electron chi connectivity index (χ1n) is 11.8. The number of fused-ring (bicyclic) bond motifs is 1. The van der Waals surface area contributed by atoms with Gasteiger partial charge in [0.05, 0.1) is 11.9 Å². The smallest absolute Gasteiger partial charge is 0.274 e. The molecule has 0 aromatic carbocycles. The van der Waals surface area contributed by atoms with Crippen LogP contribution in [0.5, 0.6) is 0 Å². The molecular formula is C25H30N6O2. The van der Waals surface area contributed by atoms with Gasteiger partial charge in [0.15, 0.2) is 0 Å². The molecule has 2 saturated heterocycles. The summed E-state index contributed by atoms with van der Waals surface area (Å²) in [4.78, 5) is 43.4. The molecule has 0 bridgehead atoms. The first kappa shape index (κ1) is 21.6. The molecule has 5 rings (SSSR count). The Morgan fingerprint density at radius 1 is 0.939 bits per heavy atom. The topological polar surface area (TPSA) is 83.7 Å². The number of carbonyl (C=O) groups is 2. The van der Waals surface area contributed by atoms with Gasteiger partial charge in [-0.25, -0.2) is 9.97 Å². The van der Waals surface area contributed by atoms with Gasteiger partial charge < -0.3 is 14.2 Å². The van der Waals surface area contributed by atoms with Crippen LogP contribution in [0.1, 0.15) is 64.3 Å². The van der Waals surface area contributed by atoms with E-state index < -0.39 is 0 Å². The fourth-order valence-electron chi connectivity index (χ4n) is 5.26. The summed E-state index contributed by atoms with van der Waals surface area (Å²) in [5, 5.41) is 0. The average Bonchev–Trinajstić information content (AvgIpc) is 3.30. The quantitative estimate of drug-likeness (QED) is 0.617. The molecule has 5 heterocycles. The van der Waals surface area contributed by atoms with Gasteiger partial charge in [-0.15, -0.1) is 0 Å². The second-order valence-corrected chi connectivity index (χ2v) is 9.28. The highest BCUT2D eigenvalue weighted by molar-refractivity contribution is 5.93. The molecule has 33 heavy (non-hydrogen) atoms. The Kier molecular flexibility index (Phi) is 5.83. The van der Waals surface area contributed by atoms with E-state index in [0.29, 0.717) is 30.4 Å². The van der Waals surface area contributed by atoms with Gasteiger partial charge in [-0.1, -0.05) is 6.07 Å². The van der Waals surface area contributed by atoms with Crippen LogP contribution in [-0.2, 0) is 0 Å². The van der Waals surface area contributed by atoms with Crippen molar-refractivity contribution in [2.24, 2.45) is 5.92 Å². The number of aryl methyl sites for hydroxylation is 2. The highest BCUT2D eigenvalue weighted by atomic mass is 16.2. The van der Waals surface area contributed by atoms with Gasteiger partial charge in [0.2, 0.25) is 0 Å². The van der Waals surface area contributed by atoms with Crippen molar-refractivity contribution in [3.8, 4) is 0 Å². The molecule has 0 N–H and O–H groups in total. The van der Waals surface area contributed by atoms with E-state index in [-0.39, 0.29) is 17.9 Å². The van der Waals surface area contributed by atoms with Crippen LogP contribution in [0.3, 0.4) is 0 Å². The highest BCUT2D eigenvalue weighted by Gasteiger charge is 2.36. The van der Waals surface area contributed by atoms with Crippen LogP contribution in [0.25, 0.3) is 5.65 Å². The summed E-state index contributed by atoms with van der Waals surface area (Å²) in [7, 11) is 0. The summed E-state index contributed by atoms with van der Waals surface area (Å²) >= 11 is 0. The number of amides is 2. The molecule has 2 aliphatic heterocycles. The Bertz CT molecular complexity index is 1160. The number of likely N-dealkylation sites (tertiary alicyclic amines) is 2. The molecule has 8 heteroatoms. The molecule has 1 atom stereocenters. The van der Waals surface area contributed by atoms with Gasteiger partial charge in [-0.3, -0.25) is 14.6 Å². The fraction of sp³-hybridized carbons (Fsp3) is 0.480. The Hall–Kier alpha value is -3.29. The second-order valence-electron chi connectivity index (χ2n) is 9.28. The minimum absolute atomic E-state index is 0.0111. The molecule has 2 aliphatic rings. The summed E-state index contributed by atoms with van der Waals surface area (Å²) < 4.78 is 1.91. The summed E-state index contributed by atoms with van der Waals surface area (Å²) in [6.45, 7) is 6.02. The zero-order valence-electron chi connectivity index (χ0n) is 19.3. The molecular weight excluding hydrogens is 416 g/mol. The molecule has 0 saturated carbocycles. The van der Waals surface area contributed by atoms with E-state index >= 15 is 0 Å². The number of aromatic nitrogens is 4. The zero-order valence-corrected chi connectivity index (χ0v) is 19.3. The molecule has 2 amide bonds. The van der Waals surface area contributed by atoms with E-state index in [2.05, 4.69) is 15.0 Å². The van der Waals surface area contributed by atoms with Gasteiger partial charge in [0.1, 0.15) is 17.0 Å². The summed E-state index contributed by atoms with van der Waals surface area (Å²) in [6, 6.07) is 4.16. The molecule has 172 valence electrons. The van der Waals surface area contributed by atoms with Crippen LogP contribution < -0.4 is 0 Å². The predicted molar refractivity (Wildman–Crippen MR) is 124 cm³/mol. The summed E-state index contributed by atoms with van der Waals surface area (Å²) in [5.41, 5.74) is 3.60.